The Morgan fingerprint density at radius 1 is 1.05 bits per heavy atom. The van der Waals surface area contributed by atoms with Crippen LogP contribution in [-0.4, -0.2) is 6.04 Å². The highest BCUT2D eigenvalue weighted by molar-refractivity contribution is 6.36. The van der Waals surface area contributed by atoms with Crippen LogP contribution in [-0.2, 0) is 6.54 Å². The highest BCUT2D eigenvalue weighted by Gasteiger charge is 2.20. The molecule has 0 bridgehead atoms. The molecule has 0 atom stereocenters. The summed E-state index contributed by atoms with van der Waals surface area (Å²) in [6.45, 7) is 3.07. The van der Waals surface area contributed by atoms with E-state index in [4.69, 9.17) is 23.2 Å². The van der Waals surface area contributed by atoms with Gasteiger partial charge in [0.15, 0.2) is 0 Å². The fraction of sp³-hybridized carbons (Fsp3) is 0.294. The van der Waals surface area contributed by atoms with Gasteiger partial charge < -0.3 is 5.32 Å². The molecule has 1 N–H and O–H groups in total. The van der Waals surface area contributed by atoms with Crippen LogP contribution in [0.15, 0.2) is 36.4 Å². The number of nitrogens with one attached hydrogen (secondary N) is 1. The fourth-order valence-corrected chi connectivity index (χ4v) is 2.91. The third kappa shape index (κ3) is 3.17. The summed E-state index contributed by atoms with van der Waals surface area (Å²) >= 11 is 12.2. The summed E-state index contributed by atoms with van der Waals surface area (Å²) in [5, 5.41) is 4.90. The second-order valence-electron chi connectivity index (χ2n) is 5.43. The lowest BCUT2D eigenvalue weighted by Crippen LogP contribution is -2.15. The third-order valence-corrected chi connectivity index (χ3v) is 4.23. The SMILES string of the molecule is Cc1cc(CNC2CC2)ccc1-c1ccc(Cl)cc1Cl. The van der Waals surface area contributed by atoms with Crippen molar-refractivity contribution >= 4 is 23.2 Å². The molecule has 20 heavy (non-hydrogen) atoms. The van der Waals surface area contributed by atoms with Crippen molar-refractivity contribution in [1.29, 1.82) is 0 Å². The third-order valence-electron chi connectivity index (χ3n) is 3.68. The van der Waals surface area contributed by atoms with Crippen molar-refractivity contribution in [3.8, 4) is 11.1 Å². The van der Waals surface area contributed by atoms with Gasteiger partial charge in [0.1, 0.15) is 0 Å². The van der Waals surface area contributed by atoms with Gasteiger partial charge in [-0.05, 0) is 48.6 Å². The van der Waals surface area contributed by atoms with Gasteiger partial charge in [-0.1, -0.05) is 47.5 Å². The van der Waals surface area contributed by atoms with Crippen molar-refractivity contribution in [2.45, 2.75) is 32.4 Å². The molecule has 0 heterocycles. The molecule has 2 aromatic carbocycles. The molecular formula is C17H17Cl2N. The van der Waals surface area contributed by atoms with E-state index >= 15 is 0 Å². The zero-order valence-corrected chi connectivity index (χ0v) is 12.9. The largest absolute Gasteiger partial charge is 0.310 e. The molecule has 3 rings (SSSR count). The van der Waals surface area contributed by atoms with Gasteiger partial charge in [-0.25, -0.2) is 0 Å². The molecule has 0 aliphatic heterocycles. The Morgan fingerprint density at radius 3 is 2.45 bits per heavy atom. The fourth-order valence-electron chi connectivity index (χ4n) is 2.40. The van der Waals surface area contributed by atoms with Crippen molar-refractivity contribution in [2.24, 2.45) is 0 Å². The summed E-state index contributed by atoms with van der Waals surface area (Å²) in [6.07, 6.45) is 2.63. The van der Waals surface area contributed by atoms with Crippen molar-refractivity contribution in [1.82, 2.24) is 5.32 Å². The van der Waals surface area contributed by atoms with E-state index < -0.39 is 0 Å². The molecule has 1 aliphatic carbocycles. The molecule has 0 saturated heterocycles. The van der Waals surface area contributed by atoms with Gasteiger partial charge in [-0.15, -0.1) is 0 Å². The Morgan fingerprint density at radius 2 is 1.80 bits per heavy atom. The molecule has 1 aliphatic rings. The maximum atomic E-state index is 6.29. The maximum Gasteiger partial charge on any atom is 0.0499 e. The molecule has 0 radical (unpaired) electrons. The molecule has 0 unspecified atom stereocenters. The average Bonchev–Trinajstić information content (AvgIpc) is 3.22. The molecule has 2 aromatic rings. The van der Waals surface area contributed by atoms with Gasteiger partial charge in [0, 0.05) is 28.2 Å². The Hall–Kier alpha value is -1.02. The summed E-state index contributed by atoms with van der Waals surface area (Å²) in [7, 11) is 0. The molecule has 1 nitrogen and oxygen atoms in total. The van der Waals surface area contributed by atoms with Crippen molar-refractivity contribution in [3.05, 3.63) is 57.6 Å². The van der Waals surface area contributed by atoms with Crippen molar-refractivity contribution < 1.29 is 0 Å². The van der Waals surface area contributed by atoms with E-state index in [1.165, 1.54) is 29.5 Å². The first-order valence-electron chi connectivity index (χ1n) is 6.92. The van der Waals surface area contributed by atoms with E-state index in [0.717, 1.165) is 18.2 Å². The molecule has 0 spiro atoms. The first-order chi connectivity index (χ1) is 9.63. The lowest BCUT2D eigenvalue weighted by atomic mass is 9.98. The van der Waals surface area contributed by atoms with Gasteiger partial charge in [0.25, 0.3) is 0 Å². The molecule has 104 valence electrons. The van der Waals surface area contributed by atoms with Crippen molar-refractivity contribution in [2.75, 3.05) is 0 Å². The molecule has 0 aromatic heterocycles. The van der Waals surface area contributed by atoms with E-state index in [9.17, 15) is 0 Å². The lowest BCUT2D eigenvalue weighted by Gasteiger charge is -2.11. The normalized spacial score (nSPS) is 14.6. The minimum atomic E-state index is 0.668. The highest BCUT2D eigenvalue weighted by Crippen LogP contribution is 2.32. The summed E-state index contributed by atoms with van der Waals surface area (Å²) in [4.78, 5) is 0. The van der Waals surface area contributed by atoms with Crippen LogP contribution in [0, 0.1) is 6.92 Å². The van der Waals surface area contributed by atoms with Crippen molar-refractivity contribution in [3.63, 3.8) is 0 Å². The zero-order valence-electron chi connectivity index (χ0n) is 11.4. The van der Waals surface area contributed by atoms with Crippen LogP contribution in [0.3, 0.4) is 0 Å². The predicted molar refractivity (Wildman–Crippen MR) is 86.5 cm³/mol. The van der Waals surface area contributed by atoms with Gasteiger partial charge in [-0.2, -0.15) is 0 Å². The Kier molecular flexibility index (Phi) is 4.02. The van der Waals surface area contributed by atoms with E-state index in [0.29, 0.717) is 10.0 Å². The van der Waals surface area contributed by atoms with Gasteiger partial charge in [0.05, 0.1) is 0 Å². The standard InChI is InChI=1S/C17H17Cl2N/c1-11-8-12(10-20-14-4-5-14)2-6-15(11)16-7-3-13(18)9-17(16)19/h2-3,6-9,14,20H,4-5,10H2,1H3. The topological polar surface area (TPSA) is 12.0 Å². The van der Waals surface area contributed by atoms with Gasteiger partial charge in [-0.3, -0.25) is 0 Å². The summed E-state index contributed by atoms with van der Waals surface area (Å²) in [5.41, 5.74) is 4.77. The minimum Gasteiger partial charge on any atom is -0.310 e. The Labute approximate surface area is 129 Å². The van der Waals surface area contributed by atoms with Crippen LogP contribution in [0.5, 0.6) is 0 Å². The number of aryl methyl sites for hydroxylation is 1. The maximum absolute atomic E-state index is 6.29. The van der Waals surface area contributed by atoms with Crippen LogP contribution < -0.4 is 5.32 Å². The number of benzene rings is 2. The predicted octanol–water partition coefficient (Wildman–Crippen LogP) is 5.22. The molecule has 0 amide bonds. The Balaban J connectivity index is 1.85. The van der Waals surface area contributed by atoms with Crippen LogP contribution >= 0.6 is 23.2 Å². The molecule has 3 heteroatoms. The van der Waals surface area contributed by atoms with Gasteiger partial charge in [0.2, 0.25) is 0 Å². The van der Waals surface area contributed by atoms with E-state index in [1.54, 1.807) is 6.07 Å². The average molecular weight is 306 g/mol. The van der Waals surface area contributed by atoms with E-state index in [2.05, 4.69) is 30.4 Å². The first-order valence-corrected chi connectivity index (χ1v) is 7.67. The molecular weight excluding hydrogens is 289 g/mol. The number of hydrogen-bond acceptors (Lipinski definition) is 1. The van der Waals surface area contributed by atoms with E-state index in [-0.39, 0.29) is 0 Å². The smallest absolute Gasteiger partial charge is 0.0499 e. The number of rotatable bonds is 4. The number of halogens is 2. The summed E-state index contributed by atoms with van der Waals surface area (Å²) < 4.78 is 0. The first kappa shape index (κ1) is 13.9. The van der Waals surface area contributed by atoms with Crippen LogP contribution in [0.25, 0.3) is 11.1 Å². The van der Waals surface area contributed by atoms with E-state index in [1.807, 2.05) is 12.1 Å². The van der Waals surface area contributed by atoms with Crippen LogP contribution in [0.1, 0.15) is 24.0 Å². The second-order valence-corrected chi connectivity index (χ2v) is 6.27. The number of hydrogen-bond donors (Lipinski definition) is 1. The lowest BCUT2D eigenvalue weighted by molar-refractivity contribution is 0.687. The molecule has 1 saturated carbocycles. The summed E-state index contributed by atoms with van der Waals surface area (Å²) in [5.74, 6) is 0. The van der Waals surface area contributed by atoms with Gasteiger partial charge >= 0.3 is 0 Å². The monoisotopic (exact) mass is 305 g/mol. The zero-order chi connectivity index (χ0) is 14.1. The highest BCUT2D eigenvalue weighted by atomic mass is 35.5. The minimum absolute atomic E-state index is 0.668. The Bertz CT molecular complexity index is 633. The summed E-state index contributed by atoms with van der Waals surface area (Å²) in [6, 6.07) is 12.9. The molecule has 1 fully saturated rings. The quantitative estimate of drug-likeness (QED) is 0.816. The van der Waals surface area contributed by atoms with Crippen LogP contribution in [0.4, 0.5) is 0 Å². The second kappa shape index (κ2) is 5.77. The van der Waals surface area contributed by atoms with Crippen LogP contribution in [0.2, 0.25) is 10.0 Å².